The molecule has 0 saturated heterocycles. The van der Waals surface area contributed by atoms with E-state index in [9.17, 15) is 9.90 Å². The first-order chi connectivity index (χ1) is 7.29. The quantitative estimate of drug-likeness (QED) is 0.777. The van der Waals surface area contributed by atoms with Gasteiger partial charge in [-0.1, -0.05) is 12.0 Å². The molecule has 3 heteroatoms. The summed E-state index contributed by atoms with van der Waals surface area (Å²) in [5.74, 6) is -0.773. The summed E-state index contributed by atoms with van der Waals surface area (Å²) in [6.45, 7) is 0. The molecule has 2 rings (SSSR count). The molecule has 1 fully saturated rings. The summed E-state index contributed by atoms with van der Waals surface area (Å²) in [7, 11) is 0. The highest BCUT2D eigenvalue weighted by molar-refractivity contribution is 7.08. The first kappa shape index (κ1) is 10.4. The van der Waals surface area contributed by atoms with Gasteiger partial charge in [-0.2, -0.15) is 11.3 Å². The fourth-order valence-corrected chi connectivity index (χ4v) is 2.76. The van der Waals surface area contributed by atoms with Gasteiger partial charge in [0.05, 0.1) is 5.57 Å². The SMILES string of the molecule is O=C(O)C(=C1CCCCC1)c1ccsc1. The van der Waals surface area contributed by atoms with E-state index in [0.29, 0.717) is 5.57 Å². The van der Waals surface area contributed by atoms with Gasteiger partial charge in [-0.15, -0.1) is 0 Å². The molecule has 1 N–H and O–H groups in total. The number of hydrogen-bond acceptors (Lipinski definition) is 2. The molecule has 1 heterocycles. The Kier molecular flexibility index (Phi) is 3.21. The molecule has 1 aromatic heterocycles. The summed E-state index contributed by atoms with van der Waals surface area (Å²) < 4.78 is 0. The van der Waals surface area contributed by atoms with E-state index in [1.54, 1.807) is 11.3 Å². The number of rotatable bonds is 2. The van der Waals surface area contributed by atoms with Crippen LogP contribution < -0.4 is 0 Å². The topological polar surface area (TPSA) is 37.3 Å². The monoisotopic (exact) mass is 222 g/mol. The van der Waals surface area contributed by atoms with Gasteiger partial charge in [0.2, 0.25) is 0 Å². The van der Waals surface area contributed by atoms with Crippen LogP contribution in [0.15, 0.2) is 22.4 Å². The van der Waals surface area contributed by atoms with Gasteiger partial charge >= 0.3 is 5.97 Å². The fourth-order valence-electron chi connectivity index (χ4n) is 2.11. The van der Waals surface area contributed by atoms with E-state index in [-0.39, 0.29) is 0 Å². The van der Waals surface area contributed by atoms with E-state index < -0.39 is 5.97 Å². The van der Waals surface area contributed by atoms with E-state index in [1.165, 1.54) is 6.42 Å². The molecular formula is C12H14O2S. The molecule has 2 nitrogen and oxygen atoms in total. The van der Waals surface area contributed by atoms with Crippen molar-refractivity contribution in [3.63, 3.8) is 0 Å². The maximum absolute atomic E-state index is 11.2. The Balaban J connectivity index is 2.37. The minimum absolute atomic E-state index is 0.552. The number of thiophene rings is 1. The third-order valence-corrected chi connectivity index (χ3v) is 3.52. The van der Waals surface area contributed by atoms with E-state index in [0.717, 1.165) is 36.8 Å². The maximum Gasteiger partial charge on any atom is 0.336 e. The van der Waals surface area contributed by atoms with Crippen molar-refractivity contribution >= 4 is 22.9 Å². The molecular weight excluding hydrogens is 208 g/mol. The largest absolute Gasteiger partial charge is 0.478 e. The van der Waals surface area contributed by atoms with Crippen LogP contribution in [-0.2, 0) is 4.79 Å². The predicted octanol–water partition coefficient (Wildman–Crippen LogP) is 3.55. The third kappa shape index (κ3) is 2.29. The molecule has 0 radical (unpaired) electrons. The summed E-state index contributed by atoms with van der Waals surface area (Å²) in [5, 5.41) is 13.1. The zero-order valence-corrected chi connectivity index (χ0v) is 9.35. The number of aliphatic carboxylic acids is 1. The Morgan fingerprint density at radius 3 is 2.53 bits per heavy atom. The zero-order chi connectivity index (χ0) is 10.7. The molecule has 0 aromatic carbocycles. The van der Waals surface area contributed by atoms with E-state index in [2.05, 4.69) is 0 Å². The molecule has 1 aromatic rings. The summed E-state index contributed by atoms with van der Waals surface area (Å²) in [6, 6.07) is 1.90. The van der Waals surface area contributed by atoms with Crippen LogP contribution >= 0.6 is 11.3 Å². The van der Waals surface area contributed by atoms with Gasteiger partial charge < -0.3 is 5.11 Å². The number of carboxylic acid groups (broad SMARTS) is 1. The number of hydrogen-bond donors (Lipinski definition) is 1. The van der Waals surface area contributed by atoms with Crippen molar-refractivity contribution in [3.8, 4) is 0 Å². The summed E-state index contributed by atoms with van der Waals surface area (Å²) in [5.41, 5.74) is 2.56. The van der Waals surface area contributed by atoms with Gasteiger partial charge in [0.15, 0.2) is 0 Å². The van der Waals surface area contributed by atoms with Crippen LogP contribution in [0.25, 0.3) is 5.57 Å². The lowest BCUT2D eigenvalue weighted by Gasteiger charge is -2.16. The molecule has 0 bridgehead atoms. The Labute approximate surface area is 93.3 Å². The molecule has 0 atom stereocenters. The van der Waals surface area contributed by atoms with Crippen molar-refractivity contribution in [2.24, 2.45) is 0 Å². The molecule has 0 spiro atoms. The Morgan fingerprint density at radius 1 is 1.27 bits per heavy atom. The van der Waals surface area contributed by atoms with Crippen LogP contribution in [0, 0.1) is 0 Å². The minimum atomic E-state index is -0.773. The van der Waals surface area contributed by atoms with Crippen molar-refractivity contribution < 1.29 is 9.90 Å². The van der Waals surface area contributed by atoms with Gasteiger partial charge in [0.1, 0.15) is 0 Å². The highest BCUT2D eigenvalue weighted by Crippen LogP contribution is 2.31. The van der Waals surface area contributed by atoms with Crippen LogP contribution in [0.1, 0.15) is 37.7 Å². The van der Waals surface area contributed by atoms with Crippen LogP contribution in [-0.4, -0.2) is 11.1 Å². The molecule has 1 aliphatic carbocycles. The number of allylic oxidation sites excluding steroid dienone is 1. The van der Waals surface area contributed by atoms with Crippen molar-refractivity contribution in [1.82, 2.24) is 0 Å². The van der Waals surface area contributed by atoms with E-state index in [1.807, 2.05) is 16.8 Å². The summed E-state index contributed by atoms with van der Waals surface area (Å²) in [6.07, 6.45) is 5.42. The predicted molar refractivity (Wildman–Crippen MR) is 62.0 cm³/mol. The van der Waals surface area contributed by atoms with Gasteiger partial charge in [0, 0.05) is 0 Å². The first-order valence-electron chi connectivity index (χ1n) is 5.27. The molecule has 1 aliphatic rings. The van der Waals surface area contributed by atoms with Crippen molar-refractivity contribution in [2.75, 3.05) is 0 Å². The molecule has 0 unspecified atom stereocenters. The highest BCUT2D eigenvalue weighted by atomic mass is 32.1. The normalized spacial score (nSPS) is 16.4. The molecule has 80 valence electrons. The Bertz CT molecular complexity index is 368. The smallest absolute Gasteiger partial charge is 0.336 e. The molecule has 1 saturated carbocycles. The number of carboxylic acids is 1. The van der Waals surface area contributed by atoms with Crippen LogP contribution in [0.4, 0.5) is 0 Å². The van der Waals surface area contributed by atoms with Crippen LogP contribution in [0.5, 0.6) is 0 Å². The lowest BCUT2D eigenvalue weighted by Crippen LogP contribution is -2.06. The van der Waals surface area contributed by atoms with Crippen molar-refractivity contribution in [3.05, 3.63) is 28.0 Å². The molecule has 0 amide bonds. The van der Waals surface area contributed by atoms with Gasteiger partial charge in [-0.3, -0.25) is 0 Å². The second-order valence-corrected chi connectivity index (χ2v) is 4.64. The fraction of sp³-hybridized carbons (Fsp3) is 0.417. The Morgan fingerprint density at radius 2 is 2.00 bits per heavy atom. The first-order valence-corrected chi connectivity index (χ1v) is 6.21. The average Bonchev–Trinajstić information content (AvgIpc) is 2.72. The standard InChI is InChI=1S/C12H14O2S/c13-12(14)11(10-6-7-15-8-10)9-4-2-1-3-5-9/h6-8H,1-5H2,(H,13,14). The minimum Gasteiger partial charge on any atom is -0.478 e. The second kappa shape index (κ2) is 4.62. The average molecular weight is 222 g/mol. The summed E-state index contributed by atoms with van der Waals surface area (Å²) >= 11 is 1.55. The Hall–Kier alpha value is -1.09. The van der Waals surface area contributed by atoms with Crippen LogP contribution in [0.2, 0.25) is 0 Å². The molecule has 15 heavy (non-hydrogen) atoms. The lowest BCUT2D eigenvalue weighted by atomic mass is 9.89. The van der Waals surface area contributed by atoms with Crippen LogP contribution in [0.3, 0.4) is 0 Å². The van der Waals surface area contributed by atoms with Crippen molar-refractivity contribution in [1.29, 1.82) is 0 Å². The molecule has 0 aliphatic heterocycles. The van der Waals surface area contributed by atoms with Crippen molar-refractivity contribution in [2.45, 2.75) is 32.1 Å². The third-order valence-electron chi connectivity index (χ3n) is 2.83. The van der Waals surface area contributed by atoms with E-state index >= 15 is 0 Å². The second-order valence-electron chi connectivity index (χ2n) is 3.86. The number of carbonyl (C=O) groups is 1. The zero-order valence-electron chi connectivity index (χ0n) is 8.53. The van der Waals surface area contributed by atoms with Gasteiger partial charge in [-0.25, -0.2) is 4.79 Å². The lowest BCUT2D eigenvalue weighted by molar-refractivity contribution is -0.130. The van der Waals surface area contributed by atoms with Gasteiger partial charge in [0.25, 0.3) is 0 Å². The van der Waals surface area contributed by atoms with E-state index in [4.69, 9.17) is 0 Å². The summed E-state index contributed by atoms with van der Waals surface area (Å²) in [4.78, 5) is 11.2. The highest BCUT2D eigenvalue weighted by Gasteiger charge is 2.18. The van der Waals surface area contributed by atoms with Gasteiger partial charge in [-0.05, 0) is 48.1 Å². The maximum atomic E-state index is 11.2.